The van der Waals surface area contributed by atoms with E-state index in [0.29, 0.717) is 5.92 Å². The second-order valence-corrected chi connectivity index (χ2v) is 6.34. The molecule has 1 aromatic rings. The van der Waals surface area contributed by atoms with Gasteiger partial charge in [-0.05, 0) is 62.6 Å². The largest absolute Gasteiger partial charge is 0.0845 e. The van der Waals surface area contributed by atoms with Gasteiger partial charge in [0.05, 0.1) is 0 Å². The maximum Gasteiger partial charge on any atom is 0.0137 e. The Balaban J connectivity index is 2.38. The molecule has 0 aliphatic heterocycles. The van der Waals surface area contributed by atoms with Gasteiger partial charge in [0.1, 0.15) is 0 Å². The predicted octanol–water partition coefficient (Wildman–Crippen LogP) is 6.32. The average molecular weight is 376 g/mol. The zero-order chi connectivity index (χ0) is 14.4. The molecular formula is C19H21I. The first-order valence-electron chi connectivity index (χ1n) is 7.20. The number of hydrogen-bond donors (Lipinski definition) is 0. The standard InChI is InChI=1S/C19H21I/c1-3-5-9-15(4-2)19-14-17(20)12-13-18(19)16-10-7-6-8-11-16/h4-13,19H,3,14H2,1-2H3/b9-5-,15-4+. The van der Waals surface area contributed by atoms with Gasteiger partial charge in [-0.3, -0.25) is 0 Å². The molecule has 20 heavy (non-hydrogen) atoms. The van der Waals surface area contributed by atoms with Crippen LogP contribution in [0.15, 0.2) is 69.9 Å². The highest BCUT2D eigenvalue weighted by molar-refractivity contribution is 14.1. The third-order valence-electron chi connectivity index (χ3n) is 3.61. The highest BCUT2D eigenvalue weighted by Crippen LogP contribution is 2.39. The van der Waals surface area contributed by atoms with Crippen LogP contribution in [-0.4, -0.2) is 0 Å². The van der Waals surface area contributed by atoms with E-state index in [1.54, 1.807) is 0 Å². The molecule has 0 N–H and O–H groups in total. The molecule has 2 rings (SSSR count). The van der Waals surface area contributed by atoms with Gasteiger partial charge < -0.3 is 0 Å². The smallest absolute Gasteiger partial charge is 0.0137 e. The molecule has 0 fully saturated rings. The first kappa shape index (κ1) is 15.3. The van der Waals surface area contributed by atoms with Crippen LogP contribution in [0.5, 0.6) is 0 Å². The molecule has 0 radical (unpaired) electrons. The quantitative estimate of drug-likeness (QED) is 0.426. The van der Waals surface area contributed by atoms with Crippen LogP contribution in [0.3, 0.4) is 0 Å². The number of halogens is 1. The Bertz CT molecular complexity index is 559. The third kappa shape index (κ3) is 3.72. The van der Waals surface area contributed by atoms with Crippen molar-refractivity contribution in [2.24, 2.45) is 5.92 Å². The fourth-order valence-corrected chi connectivity index (χ4v) is 3.18. The Labute approximate surface area is 136 Å². The summed E-state index contributed by atoms with van der Waals surface area (Å²) in [5.41, 5.74) is 4.19. The summed E-state index contributed by atoms with van der Waals surface area (Å²) >= 11 is 2.45. The van der Waals surface area contributed by atoms with Crippen molar-refractivity contribution in [3.8, 4) is 0 Å². The van der Waals surface area contributed by atoms with Crippen molar-refractivity contribution in [1.29, 1.82) is 0 Å². The summed E-state index contributed by atoms with van der Waals surface area (Å²) in [5.74, 6) is 0.474. The molecule has 0 amide bonds. The molecule has 104 valence electrons. The van der Waals surface area contributed by atoms with E-state index in [1.165, 1.54) is 20.3 Å². The average Bonchev–Trinajstić information content (AvgIpc) is 2.49. The van der Waals surface area contributed by atoms with Gasteiger partial charge in [0.15, 0.2) is 0 Å². The van der Waals surface area contributed by atoms with Gasteiger partial charge in [-0.25, -0.2) is 0 Å². The highest BCUT2D eigenvalue weighted by atomic mass is 127. The van der Waals surface area contributed by atoms with Crippen LogP contribution in [0.2, 0.25) is 0 Å². The lowest BCUT2D eigenvalue weighted by Gasteiger charge is -2.25. The molecular weight excluding hydrogens is 355 g/mol. The van der Waals surface area contributed by atoms with Crippen molar-refractivity contribution < 1.29 is 0 Å². The van der Waals surface area contributed by atoms with Crippen molar-refractivity contribution in [2.45, 2.75) is 26.7 Å². The van der Waals surface area contributed by atoms with Gasteiger partial charge in [0, 0.05) is 5.92 Å². The summed E-state index contributed by atoms with van der Waals surface area (Å²) in [7, 11) is 0. The third-order valence-corrected chi connectivity index (χ3v) is 4.41. The Morgan fingerprint density at radius 2 is 2.00 bits per heavy atom. The lowest BCUT2D eigenvalue weighted by Crippen LogP contribution is -2.09. The topological polar surface area (TPSA) is 0 Å². The number of rotatable bonds is 4. The van der Waals surface area contributed by atoms with Crippen LogP contribution >= 0.6 is 22.6 Å². The Morgan fingerprint density at radius 1 is 1.25 bits per heavy atom. The SMILES string of the molecule is C/C=C(\C=C/CC)C1CC(I)=CC=C1c1ccccc1. The monoisotopic (exact) mass is 376 g/mol. The normalized spacial score (nSPS) is 19.9. The van der Waals surface area contributed by atoms with Gasteiger partial charge in [0.25, 0.3) is 0 Å². The summed E-state index contributed by atoms with van der Waals surface area (Å²) in [6.45, 7) is 4.32. The van der Waals surface area contributed by atoms with E-state index in [2.05, 4.69) is 97.2 Å². The highest BCUT2D eigenvalue weighted by Gasteiger charge is 2.21. The van der Waals surface area contributed by atoms with E-state index < -0.39 is 0 Å². The van der Waals surface area contributed by atoms with Gasteiger partial charge in [-0.2, -0.15) is 0 Å². The van der Waals surface area contributed by atoms with E-state index in [0.717, 1.165) is 12.8 Å². The molecule has 0 spiro atoms. The van der Waals surface area contributed by atoms with Crippen molar-refractivity contribution >= 4 is 28.2 Å². The van der Waals surface area contributed by atoms with Crippen LogP contribution < -0.4 is 0 Å². The van der Waals surface area contributed by atoms with E-state index in [1.807, 2.05) is 0 Å². The molecule has 1 heteroatoms. The molecule has 0 saturated carbocycles. The first-order chi connectivity index (χ1) is 9.76. The zero-order valence-corrected chi connectivity index (χ0v) is 14.3. The minimum atomic E-state index is 0.474. The van der Waals surface area contributed by atoms with Gasteiger partial charge in [0.2, 0.25) is 0 Å². The maximum absolute atomic E-state index is 2.45. The zero-order valence-electron chi connectivity index (χ0n) is 12.1. The van der Waals surface area contributed by atoms with Crippen LogP contribution in [-0.2, 0) is 0 Å². The van der Waals surface area contributed by atoms with Crippen molar-refractivity contribution in [2.75, 3.05) is 0 Å². The minimum absolute atomic E-state index is 0.474. The van der Waals surface area contributed by atoms with Crippen molar-refractivity contribution in [3.63, 3.8) is 0 Å². The molecule has 1 aromatic carbocycles. The Hall–Kier alpha value is -1.09. The van der Waals surface area contributed by atoms with E-state index in [9.17, 15) is 0 Å². The summed E-state index contributed by atoms with van der Waals surface area (Å²) in [4.78, 5) is 0. The van der Waals surface area contributed by atoms with Crippen LogP contribution in [0, 0.1) is 5.92 Å². The summed E-state index contributed by atoms with van der Waals surface area (Å²) in [6.07, 6.45) is 13.5. The second kappa shape index (κ2) is 7.63. The van der Waals surface area contributed by atoms with Crippen molar-refractivity contribution in [1.82, 2.24) is 0 Å². The Kier molecular flexibility index (Phi) is 5.84. The Morgan fingerprint density at radius 3 is 2.65 bits per heavy atom. The summed E-state index contributed by atoms with van der Waals surface area (Å²) < 4.78 is 1.43. The van der Waals surface area contributed by atoms with E-state index in [-0.39, 0.29) is 0 Å². The van der Waals surface area contributed by atoms with Gasteiger partial charge in [-0.15, -0.1) is 0 Å². The van der Waals surface area contributed by atoms with Gasteiger partial charge in [-0.1, -0.05) is 67.6 Å². The fourth-order valence-electron chi connectivity index (χ4n) is 2.56. The summed E-state index contributed by atoms with van der Waals surface area (Å²) in [6, 6.07) is 10.7. The summed E-state index contributed by atoms with van der Waals surface area (Å²) in [5, 5.41) is 0. The van der Waals surface area contributed by atoms with Crippen molar-refractivity contribution in [3.05, 3.63) is 75.4 Å². The van der Waals surface area contributed by atoms with Crippen LogP contribution in [0.1, 0.15) is 32.3 Å². The molecule has 0 saturated heterocycles. The number of allylic oxidation sites excluding steroid dienone is 8. The van der Waals surface area contributed by atoms with E-state index in [4.69, 9.17) is 0 Å². The predicted molar refractivity (Wildman–Crippen MR) is 97.8 cm³/mol. The van der Waals surface area contributed by atoms with E-state index >= 15 is 0 Å². The van der Waals surface area contributed by atoms with Crippen LogP contribution in [0.25, 0.3) is 5.57 Å². The molecule has 1 atom stereocenters. The molecule has 0 bridgehead atoms. The maximum atomic E-state index is 2.45. The molecule has 0 nitrogen and oxygen atoms in total. The first-order valence-corrected chi connectivity index (χ1v) is 8.28. The minimum Gasteiger partial charge on any atom is -0.0845 e. The van der Waals surface area contributed by atoms with Crippen LogP contribution in [0.4, 0.5) is 0 Å². The number of benzene rings is 1. The lowest BCUT2D eigenvalue weighted by molar-refractivity contribution is 0.801. The van der Waals surface area contributed by atoms with Gasteiger partial charge >= 0.3 is 0 Å². The molecule has 0 heterocycles. The molecule has 1 aliphatic rings. The number of hydrogen-bond acceptors (Lipinski definition) is 0. The second-order valence-electron chi connectivity index (χ2n) is 4.96. The molecule has 0 aromatic heterocycles. The molecule has 1 unspecified atom stereocenters. The molecule has 1 aliphatic carbocycles. The lowest BCUT2D eigenvalue weighted by atomic mass is 9.81. The fraction of sp³-hybridized carbons (Fsp3) is 0.263.